The van der Waals surface area contributed by atoms with E-state index in [1.807, 2.05) is 0 Å². The number of aromatic nitrogens is 4. The van der Waals surface area contributed by atoms with Gasteiger partial charge in [-0.3, -0.25) is 4.79 Å². The lowest BCUT2D eigenvalue weighted by atomic mass is 9.65. The molecule has 9 nitrogen and oxygen atoms in total. The van der Waals surface area contributed by atoms with Crippen molar-refractivity contribution in [2.45, 2.75) is 37.9 Å². The molecule has 6 rings (SSSR count). The highest BCUT2D eigenvalue weighted by molar-refractivity contribution is 7.18. The summed E-state index contributed by atoms with van der Waals surface area (Å²) in [5.74, 6) is 1.22. The van der Waals surface area contributed by atoms with E-state index in [1.54, 1.807) is 23.1 Å². The van der Waals surface area contributed by atoms with Gasteiger partial charge in [-0.1, -0.05) is 0 Å². The van der Waals surface area contributed by atoms with Crippen molar-refractivity contribution in [3.63, 3.8) is 0 Å². The third-order valence-electron chi connectivity index (χ3n) is 7.36. The van der Waals surface area contributed by atoms with Crippen LogP contribution in [-0.4, -0.2) is 82.6 Å². The Balaban J connectivity index is 1.06. The van der Waals surface area contributed by atoms with Crippen LogP contribution in [0.2, 0.25) is 0 Å². The van der Waals surface area contributed by atoms with E-state index in [1.165, 1.54) is 6.33 Å². The molecule has 0 unspecified atom stereocenters. The number of hydrogen-bond acceptors (Lipinski definition) is 9. The van der Waals surface area contributed by atoms with Crippen molar-refractivity contribution in [3.05, 3.63) is 35.1 Å². The van der Waals surface area contributed by atoms with Gasteiger partial charge >= 0.3 is 6.18 Å². The molecule has 1 spiro atoms. The van der Waals surface area contributed by atoms with Crippen molar-refractivity contribution in [1.82, 2.24) is 25.1 Å². The number of amides is 1. The smallest absolute Gasteiger partial charge is 0.378 e. The Morgan fingerprint density at radius 1 is 1.16 bits per heavy atom. The monoisotopic (exact) mass is 533 g/mol. The molecule has 1 saturated carbocycles. The Labute approximate surface area is 215 Å². The van der Waals surface area contributed by atoms with Crippen LogP contribution in [0.3, 0.4) is 0 Å². The predicted octanol–water partition coefficient (Wildman–Crippen LogP) is 3.53. The molecule has 2 aliphatic heterocycles. The fraction of sp³-hybridized carbons (Fsp3) is 0.542. The van der Waals surface area contributed by atoms with Crippen LogP contribution in [0, 0.1) is 5.41 Å². The number of morpholine rings is 1. The van der Waals surface area contributed by atoms with Crippen LogP contribution >= 0.6 is 11.3 Å². The SMILES string of the molecule is O=C(c1ccc(NC2CC3(CCN(c4ncnc5sc(CC(F)(F)F)cc45)C3)C2)nn1)N1CCOCC1. The maximum atomic E-state index is 12.9. The zero-order chi connectivity index (χ0) is 25.6. The number of nitrogens with one attached hydrogen (secondary N) is 1. The number of thiophene rings is 1. The van der Waals surface area contributed by atoms with Crippen LogP contribution in [-0.2, 0) is 11.2 Å². The summed E-state index contributed by atoms with van der Waals surface area (Å²) in [5, 5.41) is 12.4. The maximum absolute atomic E-state index is 12.9. The third-order valence-corrected chi connectivity index (χ3v) is 8.41. The van der Waals surface area contributed by atoms with Gasteiger partial charge in [0, 0.05) is 37.1 Å². The van der Waals surface area contributed by atoms with Crippen molar-refractivity contribution in [2.24, 2.45) is 5.41 Å². The van der Waals surface area contributed by atoms with E-state index >= 15 is 0 Å². The Morgan fingerprint density at radius 2 is 1.97 bits per heavy atom. The summed E-state index contributed by atoms with van der Waals surface area (Å²) in [6.07, 6.45) is -0.852. The second-order valence-electron chi connectivity index (χ2n) is 10.1. The summed E-state index contributed by atoms with van der Waals surface area (Å²) >= 11 is 1.08. The number of anilines is 2. The summed E-state index contributed by atoms with van der Waals surface area (Å²) in [6.45, 7) is 3.80. The van der Waals surface area contributed by atoms with Crippen molar-refractivity contribution in [2.75, 3.05) is 49.6 Å². The van der Waals surface area contributed by atoms with E-state index in [9.17, 15) is 18.0 Å². The minimum absolute atomic E-state index is 0.133. The fourth-order valence-electron chi connectivity index (χ4n) is 5.63. The average Bonchev–Trinajstić information content (AvgIpc) is 3.47. The molecule has 5 heterocycles. The molecule has 0 aromatic carbocycles. The molecule has 1 amide bonds. The Kier molecular flexibility index (Phi) is 6.14. The van der Waals surface area contributed by atoms with Crippen molar-refractivity contribution in [3.8, 4) is 0 Å². The molecule has 3 aromatic rings. The van der Waals surface area contributed by atoms with E-state index in [-0.39, 0.29) is 22.2 Å². The minimum atomic E-state index is -4.25. The second kappa shape index (κ2) is 9.35. The number of ether oxygens (including phenoxy) is 1. The average molecular weight is 534 g/mol. The zero-order valence-electron chi connectivity index (χ0n) is 20.0. The number of carbonyl (C=O) groups excluding carboxylic acids is 1. The highest BCUT2D eigenvalue weighted by Crippen LogP contribution is 2.50. The van der Waals surface area contributed by atoms with Crippen LogP contribution < -0.4 is 10.2 Å². The van der Waals surface area contributed by atoms with Gasteiger partial charge in [0.05, 0.1) is 25.0 Å². The van der Waals surface area contributed by atoms with Crippen molar-refractivity contribution in [1.29, 1.82) is 0 Å². The molecule has 13 heteroatoms. The number of nitrogens with zero attached hydrogens (tertiary/aromatic N) is 6. The van der Waals surface area contributed by atoms with Gasteiger partial charge in [-0.25, -0.2) is 9.97 Å². The molecular weight excluding hydrogens is 507 g/mol. The Morgan fingerprint density at radius 3 is 2.70 bits per heavy atom. The van der Waals surface area contributed by atoms with E-state index in [0.717, 1.165) is 43.7 Å². The lowest BCUT2D eigenvalue weighted by Gasteiger charge is -2.45. The first-order valence-corrected chi connectivity index (χ1v) is 13.1. The molecule has 3 aromatic heterocycles. The first-order chi connectivity index (χ1) is 17.8. The predicted molar refractivity (Wildman–Crippen MR) is 132 cm³/mol. The fourth-order valence-corrected chi connectivity index (χ4v) is 6.65. The van der Waals surface area contributed by atoms with Gasteiger partial charge in [0.1, 0.15) is 22.8 Å². The molecule has 0 radical (unpaired) electrons. The summed E-state index contributed by atoms with van der Waals surface area (Å²) in [5.41, 5.74) is 0.464. The van der Waals surface area contributed by atoms with E-state index < -0.39 is 12.6 Å². The van der Waals surface area contributed by atoms with Gasteiger partial charge in [0.15, 0.2) is 5.69 Å². The Hall–Kier alpha value is -3.06. The second-order valence-corrected chi connectivity index (χ2v) is 11.2. The number of hydrogen-bond donors (Lipinski definition) is 1. The van der Waals surface area contributed by atoms with Gasteiger partial charge in [-0.05, 0) is 42.9 Å². The van der Waals surface area contributed by atoms with Gasteiger partial charge in [0.2, 0.25) is 0 Å². The van der Waals surface area contributed by atoms with Gasteiger partial charge in [-0.2, -0.15) is 13.2 Å². The normalized spacial score (nSPS) is 24.0. The number of alkyl halides is 3. The minimum Gasteiger partial charge on any atom is -0.378 e. The molecule has 3 fully saturated rings. The highest BCUT2D eigenvalue weighted by atomic mass is 32.1. The number of carbonyl (C=O) groups is 1. The van der Waals surface area contributed by atoms with Gasteiger partial charge < -0.3 is 19.9 Å². The van der Waals surface area contributed by atoms with Crippen LogP contribution in [0.15, 0.2) is 24.5 Å². The van der Waals surface area contributed by atoms with Crippen LogP contribution in [0.25, 0.3) is 10.2 Å². The summed E-state index contributed by atoms with van der Waals surface area (Å²) in [6, 6.07) is 5.33. The number of rotatable bonds is 5. The highest BCUT2D eigenvalue weighted by Gasteiger charge is 2.49. The largest absolute Gasteiger partial charge is 0.393 e. The molecular formula is C24H26F3N7O2S. The van der Waals surface area contributed by atoms with Gasteiger partial charge in [0.25, 0.3) is 5.91 Å². The summed E-state index contributed by atoms with van der Waals surface area (Å²) in [4.78, 5) is 25.9. The molecule has 2 saturated heterocycles. The lowest BCUT2D eigenvalue weighted by Crippen LogP contribution is -2.47. The summed E-state index contributed by atoms with van der Waals surface area (Å²) < 4.78 is 43.9. The van der Waals surface area contributed by atoms with E-state index in [2.05, 4.69) is 30.4 Å². The third kappa shape index (κ3) is 5.06. The van der Waals surface area contributed by atoms with Crippen LogP contribution in [0.4, 0.5) is 24.8 Å². The molecule has 37 heavy (non-hydrogen) atoms. The number of halogens is 3. The lowest BCUT2D eigenvalue weighted by molar-refractivity contribution is -0.126. The first-order valence-electron chi connectivity index (χ1n) is 12.3. The zero-order valence-corrected chi connectivity index (χ0v) is 20.8. The number of fused-ring (bicyclic) bond motifs is 1. The standard InChI is InChI=1S/C24H26F3N7O2S/c25-24(26,27)12-16-9-17-20(28-14-29-21(17)37-16)34-4-3-23(13-34)10-15(11-23)30-19-2-1-18(31-32-19)22(35)33-5-7-36-8-6-33/h1-2,9,14-15H,3-8,10-13H2,(H,30,32). The van der Waals surface area contributed by atoms with E-state index in [0.29, 0.717) is 53.8 Å². The molecule has 1 N–H and O–H groups in total. The molecule has 0 atom stereocenters. The van der Waals surface area contributed by atoms with E-state index in [4.69, 9.17) is 4.74 Å². The van der Waals surface area contributed by atoms with Crippen LogP contribution in [0.1, 0.15) is 34.6 Å². The van der Waals surface area contributed by atoms with Crippen LogP contribution in [0.5, 0.6) is 0 Å². The molecule has 1 aliphatic carbocycles. The molecule has 0 bridgehead atoms. The quantitative estimate of drug-likeness (QED) is 0.532. The summed E-state index contributed by atoms with van der Waals surface area (Å²) in [7, 11) is 0. The molecule has 196 valence electrons. The van der Waals surface area contributed by atoms with Crippen molar-refractivity contribution >= 4 is 39.1 Å². The molecule has 3 aliphatic rings. The maximum Gasteiger partial charge on any atom is 0.393 e. The Bertz CT molecular complexity index is 1290. The van der Waals surface area contributed by atoms with Crippen molar-refractivity contribution < 1.29 is 22.7 Å². The van der Waals surface area contributed by atoms with Gasteiger partial charge in [-0.15, -0.1) is 21.5 Å². The topological polar surface area (TPSA) is 96.4 Å². The first kappa shape index (κ1) is 24.3.